The molecule has 3 rings (SSSR count). The van der Waals surface area contributed by atoms with Crippen LogP contribution in [-0.2, 0) is 0 Å². The lowest BCUT2D eigenvalue weighted by Crippen LogP contribution is -2.29. The quantitative estimate of drug-likeness (QED) is 0.821. The highest BCUT2D eigenvalue weighted by Crippen LogP contribution is 2.34. The number of nitrogens with two attached hydrogens (primary N) is 1. The van der Waals surface area contributed by atoms with E-state index >= 15 is 0 Å². The first-order valence-corrected chi connectivity index (χ1v) is 6.63. The molecule has 1 saturated carbocycles. The number of rotatable bonds is 2. The molecular formula is C15H19N3. The highest BCUT2D eigenvalue weighted by Gasteiger charge is 2.21. The SMILES string of the molecule is CN(c1ccc2ncccc2c1N)C1CCCC1. The molecule has 2 aromatic rings. The number of anilines is 2. The lowest BCUT2D eigenvalue weighted by atomic mass is 10.1. The molecule has 3 nitrogen and oxygen atoms in total. The van der Waals surface area contributed by atoms with Gasteiger partial charge in [-0.2, -0.15) is 0 Å². The van der Waals surface area contributed by atoms with Crippen molar-refractivity contribution in [1.82, 2.24) is 4.98 Å². The number of fused-ring (bicyclic) bond motifs is 1. The average molecular weight is 241 g/mol. The Bertz CT molecular complexity index is 559. The van der Waals surface area contributed by atoms with Crippen LogP contribution in [0.15, 0.2) is 30.5 Å². The largest absolute Gasteiger partial charge is 0.396 e. The highest BCUT2D eigenvalue weighted by molar-refractivity contribution is 5.97. The van der Waals surface area contributed by atoms with E-state index in [1.54, 1.807) is 0 Å². The highest BCUT2D eigenvalue weighted by atomic mass is 15.1. The molecule has 18 heavy (non-hydrogen) atoms. The molecule has 1 heterocycles. The van der Waals surface area contributed by atoms with Crippen molar-refractivity contribution in [2.75, 3.05) is 17.7 Å². The predicted molar refractivity (Wildman–Crippen MR) is 76.8 cm³/mol. The second-order valence-corrected chi connectivity index (χ2v) is 5.12. The van der Waals surface area contributed by atoms with Crippen LogP contribution in [0.5, 0.6) is 0 Å². The molecule has 1 aromatic carbocycles. The molecule has 1 aromatic heterocycles. The number of aromatic nitrogens is 1. The summed E-state index contributed by atoms with van der Waals surface area (Å²) in [6.45, 7) is 0. The Hall–Kier alpha value is -1.77. The molecule has 0 saturated heterocycles. The molecule has 0 aliphatic heterocycles. The predicted octanol–water partition coefficient (Wildman–Crippen LogP) is 3.20. The number of benzene rings is 1. The van der Waals surface area contributed by atoms with Crippen molar-refractivity contribution in [2.45, 2.75) is 31.7 Å². The molecule has 3 heteroatoms. The van der Waals surface area contributed by atoms with Crippen molar-refractivity contribution in [3.05, 3.63) is 30.5 Å². The monoisotopic (exact) mass is 241 g/mol. The molecule has 0 amide bonds. The molecule has 1 fully saturated rings. The number of hydrogen-bond acceptors (Lipinski definition) is 3. The summed E-state index contributed by atoms with van der Waals surface area (Å²) in [7, 11) is 2.16. The third-order valence-corrected chi connectivity index (χ3v) is 4.06. The minimum absolute atomic E-state index is 0.640. The van der Waals surface area contributed by atoms with Crippen LogP contribution >= 0.6 is 0 Å². The van der Waals surface area contributed by atoms with Gasteiger partial charge in [0.2, 0.25) is 0 Å². The molecule has 0 unspecified atom stereocenters. The van der Waals surface area contributed by atoms with Gasteiger partial charge in [-0.25, -0.2) is 0 Å². The zero-order valence-electron chi connectivity index (χ0n) is 10.8. The van der Waals surface area contributed by atoms with Gasteiger partial charge in [0.15, 0.2) is 0 Å². The second-order valence-electron chi connectivity index (χ2n) is 5.12. The van der Waals surface area contributed by atoms with Crippen LogP contribution in [0.1, 0.15) is 25.7 Å². The summed E-state index contributed by atoms with van der Waals surface area (Å²) in [4.78, 5) is 6.68. The third kappa shape index (κ3) is 1.80. The maximum atomic E-state index is 6.31. The van der Waals surface area contributed by atoms with Crippen LogP contribution < -0.4 is 10.6 Å². The van der Waals surface area contributed by atoms with Crippen LogP contribution in [-0.4, -0.2) is 18.1 Å². The van der Waals surface area contributed by atoms with E-state index in [1.165, 1.54) is 25.7 Å². The average Bonchev–Trinajstić information content (AvgIpc) is 2.93. The van der Waals surface area contributed by atoms with Crippen molar-refractivity contribution in [3.8, 4) is 0 Å². The van der Waals surface area contributed by atoms with Crippen LogP contribution in [0.25, 0.3) is 10.9 Å². The fourth-order valence-corrected chi connectivity index (χ4v) is 2.96. The van der Waals surface area contributed by atoms with Gasteiger partial charge in [-0.15, -0.1) is 0 Å². The molecule has 0 atom stereocenters. The van der Waals surface area contributed by atoms with E-state index in [9.17, 15) is 0 Å². The van der Waals surface area contributed by atoms with Gasteiger partial charge in [-0.05, 0) is 37.1 Å². The van der Waals surface area contributed by atoms with Gasteiger partial charge in [0, 0.05) is 24.7 Å². The maximum Gasteiger partial charge on any atom is 0.0724 e. The summed E-state index contributed by atoms with van der Waals surface area (Å²) in [5, 5.41) is 1.06. The molecule has 2 N–H and O–H groups in total. The Morgan fingerprint density at radius 3 is 2.78 bits per heavy atom. The van der Waals surface area contributed by atoms with Gasteiger partial charge in [-0.1, -0.05) is 12.8 Å². The van der Waals surface area contributed by atoms with Gasteiger partial charge < -0.3 is 10.6 Å². The molecular weight excluding hydrogens is 222 g/mol. The van der Waals surface area contributed by atoms with Crippen molar-refractivity contribution in [1.29, 1.82) is 0 Å². The van der Waals surface area contributed by atoms with Gasteiger partial charge >= 0.3 is 0 Å². The minimum atomic E-state index is 0.640. The number of hydrogen-bond donors (Lipinski definition) is 1. The Balaban J connectivity index is 2.03. The van der Waals surface area contributed by atoms with Gasteiger partial charge in [-0.3, -0.25) is 4.98 Å². The summed E-state index contributed by atoms with van der Waals surface area (Å²) in [6.07, 6.45) is 7.04. The van der Waals surface area contributed by atoms with Crippen molar-refractivity contribution in [2.24, 2.45) is 0 Å². The summed E-state index contributed by atoms with van der Waals surface area (Å²) in [5.41, 5.74) is 9.27. The normalized spacial score (nSPS) is 16.3. The number of pyridine rings is 1. The Morgan fingerprint density at radius 1 is 1.22 bits per heavy atom. The first-order chi connectivity index (χ1) is 8.77. The number of nitrogens with zero attached hydrogens (tertiary/aromatic N) is 2. The fourth-order valence-electron chi connectivity index (χ4n) is 2.96. The topological polar surface area (TPSA) is 42.2 Å². The minimum Gasteiger partial charge on any atom is -0.396 e. The molecule has 0 radical (unpaired) electrons. The first-order valence-electron chi connectivity index (χ1n) is 6.63. The van der Waals surface area contributed by atoms with Crippen molar-refractivity contribution in [3.63, 3.8) is 0 Å². The van der Waals surface area contributed by atoms with E-state index in [0.29, 0.717) is 6.04 Å². The van der Waals surface area contributed by atoms with Crippen LogP contribution in [0.2, 0.25) is 0 Å². The van der Waals surface area contributed by atoms with E-state index < -0.39 is 0 Å². The van der Waals surface area contributed by atoms with Gasteiger partial charge in [0.05, 0.1) is 16.9 Å². The van der Waals surface area contributed by atoms with Gasteiger partial charge in [0.1, 0.15) is 0 Å². The summed E-state index contributed by atoms with van der Waals surface area (Å²) >= 11 is 0. The molecule has 1 aliphatic rings. The molecule has 1 aliphatic carbocycles. The Labute approximate surface area is 108 Å². The Kier molecular flexibility index (Phi) is 2.82. The van der Waals surface area contributed by atoms with E-state index in [2.05, 4.69) is 29.1 Å². The van der Waals surface area contributed by atoms with Crippen molar-refractivity contribution < 1.29 is 0 Å². The number of nitrogen functional groups attached to an aromatic ring is 1. The Morgan fingerprint density at radius 2 is 2.00 bits per heavy atom. The lowest BCUT2D eigenvalue weighted by Gasteiger charge is -2.28. The first kappa shape index (κ1) is 11.3. The summed E-state index contributed by atoms with van der Waals surface area (Å²) in [5.74, 6) is 0. The smallest absolute Gasteiger partial charge is 0.0724 e. The van der Waals surface area contributed by atoms with Crippen LogP contribution in [0, 0.1) is 0 Å². The third-order valence-electron chi connectivity index (χ3n) is 4.06. The standard InChI is InChI=1S/C15H19N3/c1-18(11-5-2-3-6-11)14-9-8-13-12(15(14)16)7-4-10-17-13/h4,7-11H,2-3,5-6,16H2,1H3. The van der Waals surface area contributed by atoms with E-state index in [0.717, 1.165) is 22.3 Å². The van der Waals surface area contributed by atoms with Gasteiger partial charge in [0.25, 0.3) is 0 Å². The molecule has 94 valence electrons. The van der Waals surface area contributed by atoms with Crippen molar-refractivity contribution >= 4 is 22.3 Å². The van der Waals surface area contributed by atoms with Crippen LogP contribution in [0.4, 0.5) is 11.4 Å². The zero-order valence-corrected chi connectivity index (χ0v) is 10.8. The lowest BCUT2D eigenvalue weighted by molar-refractivity contribution is 0.654. The fraction of sp³-hybridized carbons (Fsp3) is 0.400. The zero-order chi connectivity index (χ0) is 12.5. The van der Waals surface area contributed by atoms with Crippen LogP contribution in [0.3, 0.4) is 0 Å². The summed E-state index contributed by atoms with van der Waals surface area (Å²) in [6, 6.07) is 8.79. The summed E-state index contributed by atoms with van der Waals surface area (Å²) < 4.78 is 0. The van der Waals surface area contributed by atoms with E-state index in [-0.39, 0.29) is 0 Å². The van der Waals surface area contributed by atoms with E-state index in [1.807, 2.05) is 18.3 Å². The van der Waals surface area contributed by atoms with E-state index in [4.69, 9.17) is 5.73 Å². The molecule has 0 bridgehead atoms. The molecule has 0 spiro atoms. The maximum absolute atomic E-state index is 6.31. The second kappa shape index (κ2) is 4.48.